The minimum atomic E-state index is -4.70. The molecule has 7 rings (SSSR count). The molecule has 0 aliphatic heterocycles. The van der Waals surface area contributed by atoms with E-state index >= 15 is 0 Å². The molecule has 0 aliphatic carbocycles. The fourth-order valence-electron chi connectivity index (χ4n) is 6.30. The Hall–Kier alpha value is -8.94. The third-order valence-corrected chi connectivity index (χ3v) is 11.4. The maximum Gasteiger partial charge on any atom is 0.425 e. The van der Waals surface area contributed by atoms with E-state index < -0.39 is 52.3 Å². The molecule has 0 unspecified atom stereocenters. The number of aromatic nitrogens is 3. The lowest BCUT2D eigenvalue weighted by atomic mass is 10.1. The average molecular weight is 1110 g/mol. The van der Waals surface area contributed by atoms with Crippen molar-refractivity contribution in [1.29, 1.82) is 0 Å². The van der Waals surface area contributed by atoms with Gasteiger partial charge in [0.1, 0.15) is 22.2 Å². The van der Waals surface area contributed by atoms with Crippen molar-refractivity contribution in [3.63, 3.8) is 0 Å². The predicted octanol–water partition coefficient (Wildman–Crippen LogP) is 9.70. The van der Waals surface area contributed by atoms with Crippen molar-refractivity contribution in [3.05, 3.63) is 167 Å². The molecule has 1 aromatic heterocycles. The van der Waals surface area contributed by atoms with Gasteiger partial charge in [0.15, 0.2) is 0 Å². The zero-order chi connectivity index (χ0) is 55.4. The highest BCUT2D eigenvalue weighted by atomic mass is 32.2. The van der Waals surface area contributed by atoms with Crippen LogP contribution in [0.25, 0.3) is 0 Å². The summed E-state index contributed by atoms with van der Waals surface area (Å²) in [4.78, 5) is 24.4. The summed E-state index contributed by atoms with van der Waals surface area (Å²) >= 11 is 0. The van der Waals surface area contributed by atoms with Gasteiger partial charge in [-0.3, -0.25) is 13.9 Å². The smallest absolute Gasteiger partial charge is 0.425 e. The topological polar surface area (TPSA) is 398 Å². The maximum absolute atomic E-state index is 12.3. The molecule has 0 atom stereocenters. The molecule has 4 N–H and O–H groups in total. The Labute approximate surface area is 435 Å². The number of aliphatic carboxylic acids is 1. The van der Waals surface area contributed by atoms with Crippen LogP contribution in [0.3, 0.4) is 0 Å². The summed E-state index contributed by atoms with van der Waals surface area (Å²) < 4.78 is 117. The van der Waals surface area contributed by atoms with E-state index in [4.69, 9.17) is 34.8 Å². The number of anilines is 1. The van der Waals surface area contributed by atoms with Crippen LogP contribution in [0, 0.1) is 13.8 Å². The fraction of sp³-hybridized carbons (Fsp3) is 0.130. The van der Waals surface area contributed by atoms with Crippen molar-refractivity contribution in [1.82, 2.24) is 15.0 Å². The van der Waals surface area contributed by atoms with Gasteiger partial charge in [0, 0.05) is 19.4 Å². The number of carboxylic acid groups (broad SMARTS) is 1. The minimum absolute atomic E-state index is 0.0943. The molecule has 0 aliphatic rings. The molecule has 30 heteroatoms. The number of rotatable bonds is 18. The quantitative estimate of drug-likeness (QED) is 0.0458. The van der Waals surface area contributed by atoms with Gasteiger partial charge in [-0.15, -0.1) is 30.4 Å². The molecule has 392 valence electrons. The Morgan fingerprint density at radius 1 is 0.500 bits per heavy atom. The van der Waals surface area contributed by atoms with Crippen molar-refractivity contribution in [2.24, 2.45) is 40.9 Å². The summed E-state index contributed by atoms with van der Waals surface area (Å²) in [6.07, 6.45) is 0.454. The zero-order valence-electron chi connectivity index (χ0n) is 39.4. The first kappa shape index (κ1) is 58.0. The van der Waals surface area contributed by atoms with E-state index in [1.807, 2.05) is 44.2 Å². The highest BCUT2D eigenvalue weighted by molar-refractivity contribution is 7.86. The summed E-state index contributed by atoms with van der Waals surface area (Å²) in [5.74, 6) is 0.111. The fourth-order valence-corrected chi connectivity index (χ4v) is 7.42. The van der Waals surface area contributed by atoms with Gasteiger partial charge >= 0.3 is 27.2 Å². The second-order valence-electron chi connectivity index (χ2n) is 15.3. The van der Waals surface area contributed by atoms with E-state index in [0.717, 1.165) is 22.8 Å². The Balaban J connectivity index is 0.00000124. The molecule has 1 heterocycles. The van der Waals surface area contributed by atoms with Gasteiger partial charge in [-0.05, 0) is 127 Å². The van der Waals surface area contributed by atoms with Gasteiger partial charge in [0.25, 0.3) is 20.2 Å². The second kappa shape index (κ2) is 27.4. The first-order chi connectivity index (χ1) is 36.0. The molecule has 0 saturated carbocycles. The molecule has 26 nitrogen and oxygen atoms in total. The number of carbonyl (C=O) groups is 1. The van der Waals surface area contributed by atoms with Crippen molar-refractivity contribution < 1.29 is 61.1 Å². The van der Waals surface area contributed by atoms with E-state index in [0.29, 0.717) is 57.8 Å². The second-order valence-corrected chi connectivity index (χ2v) is 18.9. The normalized spacial score (nSPS) is 11.5. The van der Waals surface area contributed by atoms with Crippen molar-refractivity contribution in [2.45, 2.75) is 42.9 Å². The van der Waals surface area contributed by atoms with E-state index in [2.05, 4.69) is 56.2 Å². The Bertz CT molecular complexity index is 3780. The summed E-state index contributed by atoms with van der Waals surface area (Å²) in [6, 6.07) is 36.1. The Morgan fingerprint density at radius 3 is 1.34 bits per heavy atom. The Morgan fingerprint density at radius 2 is 0.895 bits per heavy atom. The van der Waals surface area contributed by atoms with E-state index in [1.54, 1.807) is 60.7 Å². The number of nitrogens with one attached hydrogen (secondary N) is 1. The summed E-state index contributed by atoms with van der Waals surface area (Å²) in [5, 5.41) is 45.8. The number of nitrogens with zero attached hydrogens (tertiary/aromatic N) is 11. The van der Waals surface area contributed by atoms with E-state index in [1.165, 1.54) is 36.4 Å². The predicted molar refractivity (Wildman–Crippen MR) is 270 cm³/mol. The van der Waals surface area contributed by atoms with Crippen LogP contribution < -0.4 is 5.32 Å². The third-order valence-electron chi connectivity index (χ3n) is 9.66. The van der Waals surface area contributed by atoms with Gasteiger partial charge in [0.05, 0.1) is 51.1 Å². The molecular weight excluding hydrogens is 1070 g/mol. The van der Waals surface area contributed by atoms with Gasteiger partial charge in [-0.2, -0.15) is 62.6 Å². The van der Waals surface area contributed by atoms with Crippen LogP contribution in [-0.4, -0.2) is 83.8 Å². The van der Waals surface area contributed by atoms with E-state index in [-0.39, 0.29) is 41.6 Å². The molecule has 7 aromatic rings. The number of hydrogen-bond donors (Lipinski definition) is 4. The average Bonchev–Trinajstić information content (AvgIpc) is 3.34. The molecular formula is C46H40N12O14S4. The standard InChI is InChI=1S/C46H40N12O8S2.2O3S/c1-29-24-31(8-19-39(29)56-54-35-12-10-34(11-13-35)52-53-36-14-17-38(18-15-36)67(61,62)63)26-43-48-44(50-46(49-43)47-23-22-45(59)60)27-32-9-20-40(30(2)25-32)57-58-41-21-16-37(28-42(41)68(64,65)66)55-51-33-6-4-3-5-7-33;2*1-4(2)3/h3-21,24-25,28H,22-23,26-27H2,1-2H3,(H,59,60)(H,61,62,63)(H,64,65,66)(H,47,48,49,50);;. The first-order valence-corrected chi connectivity index (χ1v) is 26.3. The van der Waals surface area contributed by atoms with Crippen LogP contribution >= 0.6 is 0 Å². The molecule has 0 radical (unpaired) electrons. The molecule has 0 spiro atoms. The largest absolute Gasteiger partial charge is 0.481 e. The number of aryl methyl sites for hydroxylation is 2. The van der Waals surface area contributed by atoms with Crippen molar-refractivity contribution in [2.75, 3.05) is 11.9 Å². The third kappa shape index (κ3) is 19.8. The molecule has 0 amide bonds. The van der Waals surface area contributed by atoms with Crippen LogP contribution in [0.2, 0.25) is 0 Å². The lowest BCUT2D eigenvalue weighted by Crippen LogP contribution is -2.14. The molecule has 0 saturated heterocycles. The van der Waals surface area contributed by atoms with Gasteiger partial charge in [0.2, 0.25) is 5.95 Å². The van der Waals surface area contributed by atoms with Crippen LogP contribution in [0.4, 0.5) is 51.4 Å². The van der Waals surface area contributed by atoms with Crippen LogP contribution in [0.1, 0.15) is 40.3 Å². The number of azo groups is 4. The maximum atomic E-state index is 12.3. The van der Waals surface area contributed by atoms with Crippen LogP contribution in [0.15, 0.2) is 184 Å². The number of benzene rings is 6. The lowest BCUT2D eigenvalue weighted by Gasteiger charge is -2.10. The molecule has 6 aromatic carbocycles. The van der Waals surface area contributed by atoms with Gasteiger partial charge < -0.3 is 10.4 Å². The van der Waals surface area contributed by atoms with Crippen molar-refractivity contribution in [3.8, 4) is 0 Å². The lowest BCUT2D eigenvalue weighted by molar-refractivity contribution is -0.136. The highest BCUT2D eigenvalue weighted by Gasteiger charge is 2.18. The summed E-state index contributed by atoms with van der Waals surface area (Å²) in [7, 11) is -15.2. The van der Waals surface area contributed by atoms with Crippen LogP contribution in [0.5, 0.6) is 0 Å². The molecule has 76 heavy (non-hydrogen) atoms. The van der Waals surface area contributed by atoms with Gasteiger partial charge in [-0.25, -0.2) is 4.98 Å². The Kier molecular flexibility index (Phi) is 20.9. The van der Waals surface area contributed by atoms with E-state index in [9.17, 15) is 31.3 Å². The first-order valence-electron chi connectivity index (χ1n) is 21.4. The monoisotopic (exact) mass is 1110 g/mol. The zero-order valence-corrected chi connectivity index (χ0v) is 42.7. The summed E-state index contributed by atoms with van der Waals surface area (Å²) in [6.45, 7) is 3.81. The minimum Gasteiger partial charge on any atom is -0.481 e. The summed E-state index contributed by atoms with van der Waals surface area (Å²) in [5.41, 5.74) is 6.48. The highest BCUT2D eigenvalue weighted by Crippen LogP contribution is 2.33. The molecule has 0 fully saturated rings. The number of carboxylic acids is 1. The molecule has 0 bridgehead atoms. The van der Waals surface area contributed by atoms with Crippen molar-refractivity contribution >= 4 is 98.9 Å². The van der Waals surface area contributed by atoms with Crippen LogP contribution in [-0.2, 0) is 59.1 Å². The SMILES string of the molecule is Cc1cc(Cc2nc(Cc3ccc(N=Nc4ccc(N=Nc5ccccc5)cc4S(=O)(=O)O)c(C)c3)nc(NCCC(=O)O)n2)ccc1N=Nc1ccc(N=Nc2ccc(S(=O)(=O)O)cc2)cc1.O=S(=O)=O.O=S(=O)=O. The van der Waals surface area contributed by atoms with Gasteiger partial charge in [-0.1, -0.05) is 42.5 Å². The number of hydrogen-bond acceptors (Lipinski definition) is 23.